The summed E-state index contributed by atoms with van der Waals surface area (Å²) in [7, 11) is 0. The lowest BCUT2D eigenvalue weighted by atomic mass is 10.1. The van der Waals surface area contributed by atoms with Crippen molar-refractivity contribution in [3.05, 3.63) is 63.8 Å². The van der Waals surface area contributed by atoms with Crippen LogP contribution in [-0.4, -0.2) is 11.8 Å². The Balaban J connectivity index is 1.57. The molecule has 2 aromatic carbocycles. The van der Waals surface area contributed by atoms with Crippen molar-refractivity contribution in [1.29, 1.82) is 0 Å². The number of hydrogen-bond acceptors (Lipinski definition) is 4. The van der Waals surface area contributed by atoms with Crippen molar-refractivity contribution in [2.75, 3.05) is 0 Å². The summed E-state index contributed by atoms with van der Waals surface area (Å²) in [4.78, 5) is 24.1. The number of allylic oxidation sites excluding steroid dienone is 1. The van der Waals surface area contributed by atoms with Crippen LogP contribution in [0.3, 0.4) is 0 Å². The largest absolute Gasteiger partial charge is 0.452 e. The first-order chi connectivity index (χ1) is 11.6. The zero-order valence-corrected chi connectivity index (χ0v) is 14.2. The number of Topliss-reactive ketones (excluding diaryl/α,β-unsaturated/α-hetero) is 1. The Morgan fingerprint density at radius 3 is 2.62 bits per heavy atom. The number of ether oxygens (including phenoxy) is 2. The van der Waals surface area contributed by atoms with E-state index in [0.29, 0.717) is 17.1 Å². The first-order valence-electron chi connectivity index (χ1n) is 7.66. The van der Waals surface area contributed by atoms with Crippen LogP contribution in [0, 0.1) is 5.92 Å². The average Bonchev–Trinajstić information content (AvgIpc) is 3.37. The van der Waals surface area contributed by atoms with Gasteiger partial charge in [-0.25, -0.2) is 0 Å². The topological polar surface area (TPSA) is 52.6 Å². The van der Waals surface area contributed by atoms with Crippen LogP contribution in [0.25, 0.3) is 6.08 Å². The van der Waals surface area contributed by atoms with Crippen LogP contribution >= 0.6 is 15.9 Å². The van der Waals surface area contributed by atoms with E-state index in [4.69, 9.17) is 9.47 Å². The van der Waals surface area contributed by atoms with E-state index in [0.717, 1.165) is 22.9 Å². The third-order valence-corrected chi connectivity index (χ3v) is 4.47. The molecule has 4 nitrogen and oxygen atoms in total. The summed E-state index contributed by atoms with van der Waals surface area (Å²) in [5, 5.41) is 0. The van der Waals surface area contributed by atoms with E-state index in [2.05, 4.69) is 15.9 Å². The third-order valence-electron chi connectivity index (χ3n) is 3.94. The Morgan fingerprint density at radius 2 is 1.92 bits per heavy atom. The number of rotatable bonds is 3. The molecule has 1 heterocycles. The molecular weight excluding hydrogens is 372 g/mol. The molecule has 0 radical (unpaired) electrons. The number of halogens is 1. The summed E-state index contributed by atoms with van der Waals surface area (Å²) in [6, 6.07) is 12.4. The van der Waals surface area contributed by atoms with Gasteiger partial charge in [-0.3, -0.25) is 9.59 Å². The van der Waals surface area contributed by atoms with Gasteiger partial charge in [0, 0.05) is 10.5 Å². The van der Waals surface area contributed by atoms with E-state index in [-0.39, 0.29) is 23.4 Å². The molecule has 0 spiro atoms. The molecule has 1 fully saturated rings. The fourth-order valence-corrected chi connectivity index (χ4v) is 2.72. The molecule has 0 unspecified atom stereocenters. The molecule has 0 amide bonds. The summed E-state index contributed by atoms with van der Waals surface area (Å²) >= 11 is 3.38. The van der Waals surface area contributed by atoms with Gasteiger partial charge in [-0.2, -0.15) is 0 Å². The van der Waals surface area contributed by atoms with E-state index in [1.54, 1.807) is 24.3 Å². The van der Waals surface area contributed by atoms with Gasteiger partial charge in [0.2, 0.25) is 5.78 Å². The Bertz CT molecular complexity index is 863. The lowest BCUT2D eigenvalue weighted by Crippen LogP contribution is -2.09. The smallest absolute Gasteiger partial charge is 0.314 e. The summed E-state index contributed by atoms with van der Waals surface area (Å²) in [5.74, 6) is 0.720. The number of hydrogen-bond donors (Lipinski definition) is 0. The minimum atomic E-state index is -0.218. The average molecular weight is 385 g/mol. The van der Waals surface area contributed by atoms with Crippen LogP contribution in [0.2, 0.25) is 0 Å². The number of benzene rings is 2. The van der Waals surface area contributed by atoms with Gasteiger partial charge in [-0.1, -0.05) is 28.1 Å². The quantitative estimate of drug-likeness (QED) is 0.447. The first-order valence-corrected chi connectivity index (χ1v) is 8.45. The third kappa shape index (κ3) is 2.99. The molecule has 0 saturated heterocycles. The van der Waals surface area contributed by atoms with Crippen molar-refractivity contribution in [2.45, 2.75) is 12.8 Å². The van der Waals surface area contributed by atoms with Crippen molar-refractivity contribution in [1.82, 2.24) is 0 Å². The Hall–Kier alpha value is -2.40. The molecule has 24 heavy (non-hydrogen) atoms. The molecule has 0 aromatic heterocycles. The summed E-state index contributed by atoms with van der Waals surface area (Å²) in [6.45, 7) is 0. The van der Waals surface area contributed by atoms with E-state index in [1.807, 2.05) is 24.3 Å². The number of ketones is 1. The highest BCUT2D eigenvalue weighted by Crippen LogP contribution is 2.36. The number of carbonyl (C=O) groups excluding carboxylic acids is 2. The number of esters is 1. The lowest BCUT2D eigenvalue weighted by Gasteiger charge is -2.04. The molecule has 1 aliphatic heterocycles. The molecule has 4 rings (SSSR count). The fourth-order valence-electron chi connectivity index (χ4n) is 2.46. The molecule has 2 aliphatic rings. The van der Waals surface area contributed by atoms with Crippen LogP contribution in [0.15, 0.2) is 52.7 Å². The second kappa shape index (κ2) is 5.91. The second-order valence-electron chi connectivity index (χ2n) is 5.84. The van der Waals surface area contributed by atoms with Crippen molar-refractivity contribution in [2.24, 2.45) is 5.92 Å². The van der Waals surface area contributed by atoms with Crippen molar-refractivity contribution in [3.8, 4) is 11.5 Å². The van der Waals surface area contributed by atoms with Crippen LogP contribution in [-0.2, 0) is 4.79 Å². The van der Waals surface area contributed by atoms with Crippen molar-refractivity contribution >= 4 is 33.8 Å². The van der Waals surface area contributed by atoms with Gasteiger partial charge in [0.25, 0.3) is 0 Å². The van der Waals surface area contributed by atoms with Crippen LogP contribution in [0.4, 0.5) is 0 Å². The van der Waals surface area contributed by atoms with Gasteiger partial charge in [0.1, 0.15) is 11.5 Å². The first kappa shape index (κ1) is 15.1. The highest BCUT2D eigenvalue weighted by molar-refractivity contribution is 9.10. The molecule has 5 heteroatoms. The van der Waals surface area contributed by atoms with Gasteiger partial charge in [-0.05, 0) is 48.7 Å². The van der Waals surface area contributed by atoms with Crippen molar-refractivity contribution in [3.63, 3.8) is 0 Å². The number of fused-ring (bicyclic) bond motifs is 1. The van der Waals surface area contributed by atoms with E-state index >= 15 is 0 Å². The van der Waals surface area contributed by atoms with Gasteiger partial charge < -0.3 is 9.47 Å². The lowest BCUT2D eigenvalue weighted by molar-refractivity contribution is -0.135. The summed E-state index contributed by atoms with van der Waals surface area (Å²) in [6.07, 6.45) is 3.47. The second-order valence-corrected chi connectivity index (χ2v) is 6.76. The molecule has 1 saturated carbocycles. The van der Waals surface area contributed by atoms with Gasteiger partial charge in [0.05, 0.1) is 11.5 Å². The standard InChI is InChI=1S/C19H13BrO4/c20-13-5-1-11(2-6-13)9-17-18(21)15-8-7-14(10-16(15)24-17)23-19(22)12-3-4-12/h1-2,5-10,12H,3-4H2/b17-9+. The molecule has 0 atom stereocenters. The fraction of sp³-hybridized carbons (Fsp3) is 0.158. The monoisotopic (exact) mass is 384 g/mol. The Morgan fingerprint density at radius 1 is 1.17 bits per heavy atom. The van der Waals surface area contributed by atoms with E-state index < -0.39 is 0 Å². The summed E-state index contributed by atoms with van der Waals surface area (Å²) < 4.78 is 11.9. The maximum Gasteiger partial charge on any atom is 0.314 e. The summed E-state index contributed by atoms with van der Waals surface area (Å²) in [5.41, 5.74) is 1.35. The van der Waals surface area contributed by atoms with Gasteiger partial charge in [-0.15, -0.1) is 0 Å². The van der Waals surface area contributed by atoms with Gasteiger partial charge >= 0.3 is 5.97 Å². The minimum Gasteiger partial charge on any atom is -0.452 e. The van der Waals surface area contributed by atoms with E-state index in [1.165, 1.54) is 0 Å². The molecular formula is C19H13BrO4. The molecule has 0 N–H and O–H groups in total. The highest BCUT2D eigenvalue weighted by atomic mass is 79.9. The molecule has 120 valence electrons. The van der Waals surface area contributed by atoms with Crippen LogP contribution in [0.5, 0.6) is 11.5 Å². The molecule has 0 bridgehead atoms. The normalized spacial score (nSPS) is 17.5. The molecule has 1 aliphatic carbocycles. The predicted octanol–water partition coefficient (Wildman–Crippen LogP) is 4.38. The Labute approximate surface area is 147 Å². The highest BCUT2D eigenvalue weighted by Gasteiger charge is 2.32. The maximum absolute atomic E-state index is 12.4. The molecule has 2 aromatic rings. The zero-order chi connectivity index (χ0) is 16.7. The van der Waals surface area contributed by atoms with E-state index in [9.17, 15) is 9.59 Å². The predicted molar refractivity (Wildman–Crippen MR) is 91.9 cm³/mol. The minimum absolute atomic E-state index is 0.0219. The van der Waals surface area contributed by atoms with Crippen LogP contribution < -0.4 is 9.47 Å². The van der Waals surface area contributed by atoms with Crippen molar-refractivity contribution < 1.29 is 19.1 Å². The SMILES string of the molecule is O=C1/C(=C\c2ccc(Br)cc2)Oc2cc(OC(=O)C3CC3)ccc21. The van der Waals surface area contributed by atoms with Crippen LogP contribution in [0.1, 0.15) is 28.8 Å². The Kier molecular flexibility index (Phi) is 3.73. The number of carbonyl (C=O) groups is 2. The maximum atomic E-state index is 12.4. The zero-order valence-electron chi connectivity index (χ0n) is 12.6. The van der Waals surface area contributed by atoms with Gasteiger partial charge in [0.15, 0.2) is 5.76 Å².